The van der Waals surface area contributed by atoms with Crippen molar-refractivity contribution in [3.8, 4) is 0 Å². The van der Waals surface area contributed by atoms with E-state index in [1.165, 1.54) is 16.4 Å². The summed E-state index contributed by atoms with van der Waals surface area (Å²) in [6.45, 7) is 5.08. The molecule has 1 heterocycles. The van der Waals surface area contributed by atoms with Crippen molar-refractivity contribution >= 4 is 21.8 Å². The summed E-state index contributed by atoms with van der Waals surface area (Å²) in [5.74, 6) is -0.918. The van der Waals surface area contributed by atoms with Gasteiger partial charge in [-0.05, 0) is 54.8 Å². The molecule has 8 heteroatoms. The van der Waals surface area contributed by atoms with Crippen molar-refractivity contribution in [2.45, 2.75) is 25.3 Å². The van der Waals surface area contributed by atoms with Crippen molar-refractivity contribution < 1.29 is 27.5 Å². The number of carbonyl (C=O) groups excluding carboxylic acids is 2. The summed E-state index contributed by atoms with van der Waals surface area (Å²) in [5.41, 5.74) is 3.51. The zero-order valence-corrected chi connectivity index (χ0v) is 20.5. The maximum Gasteiger partial charge on any atom is 0.339 e. The van der Waals surface area contributed by atoms with Crippen LogP contribution >= 0.6 is 0 Å². The number of benzene rings is 3. The van der Waals surface area contributed by atoms with Gasteiger partial charge in [-0.2, -0.15) is 4.31 Å². The van der Waals surface area contributed by atoms with Crippen molar-refractivity contribution in [3.63, 3.8) is 0 Å². The summed E-state index contributed by atoms with van der Waals surface area (Å²) in [7, 11) is -3.66. The number of morpholine rings is 1. The molecule has 0 N–H and O–H groups in total. The molecule has 1 aliphatic rings. The highest BCUT2D eigenvalue weighted by molar-refractivity contribution is 7.89. The largest absolute Gasteiger partial charge is 0.457 e. The summed E-state index contributed by atoms with van der Waals surface area (Å²) in [6, 6.07) is 18.3. The molecule has 182 valence electrons. The Morgan fingerprint density at radius 3 is 2.31 bits per heavy atom. The minimum atomic E-state index is -3.66. The maximum absolute atomic E-state index is 13.1. The van der Waals surface area contributed by atoms with Crippen molar-refractivity contribution in [2.75, 3.05) is 26.3 Å². The smallest absolute Gasteiger partial charge is 0.339 e. The average Bonchev–Trinajstić information content (AvgIpc) is 2.89. The van der Waals surface area contributed by atoms with Crippen molar-refractivity contribution in [1.82, 2.24) is 4.31 Å². The van der Waals surface area contributed by atoms with Gasteiger partial charge in [0.05, 0.1) is 23.7 Å². The van der Waals surface area contributed by atoms with E-state index in [1.807, 2.05) is 19.9 Å². The highest BCUT2D eigenvalue weighted by atomic mass is 32.2. The topological polar surface area (TPSA) is 90.0 Å². The summed E-state index contributed by atoms with van der Waals surface area (Å²) in [5, 5.41) is 0. The zero-order valence-electron chi connectivity index (χ0n) is 19.7. The SMILES string of the molecule is Cc1ccc(C(=O)c2ccccc2C(=O)OCc2cccc(S(=O)(=O)N3CCOCC3)c2)cc1C. The summed E-state index contributed by atoms with van der Waals surface area (Å²) in [6.07, 6.45) is 0. The summed E-state index contributed by atoms with van der Waals surface area (Å²) in [4.78, 5) is 26.2. The van der Waals surface area contributed by atoms with E-state index in [-0.39, 0.29) is 28.4 Å². The minimum absolute atomic E-state index is 0.128. The van der Waals surface area contributed by atoms with E-state index in [0.29, 0.717) is 37.4 Å². The number of aryl methyl sites for hydroxylation is 2. The zero-order chi connectivity index (χ0) is 25.0. The van der Waals surface area contributed by atoms with Gasteiger partial charge in [0.15, 0.2) is 5.78 Å². The van der Waals surface area contributed by atoms with Gasteiger partial charge in [0, 0.05) is 24.2 Å². The second-order valence-corrected chi connectivity index (χ2v) is 10.4. The van der Waals surface area contributed by atoms with E-state index >= 15 is 0 Å². The van der Waals surface area contributed by atoms with Crippen LogP contribution in [0.15, 0.2) is 71.6 Å². The molecule has 1 aliphatic heterocycles. The number of hydrogen-bond donors (Lipinski definition) is 0. The fourth-order valence-corrected chi connectivity index (χ4v) is 5.33. The first-order valence-corrected chi connectivity index (χ1v) is 12.8. The molecule has 0 radical (unpaired) electrons. The van der Waals surface area contributed by atoms with Crippen LogP contribution in [0.1, 0.15) is 43.0 Å². The standard InChI is InChI=1S/C27H27NO6S/c1-19-10-11-22(16-20(19)2)26(29)24-8-3-4-9-25(24)27(30)34-18-21-6-5-7-23(17-21)35(31,32)28-12-14-33-15-13-28/h3-11,16-17H,12-15,18H2,1-2H3. The second kappa shape index (κ2) is 10.5. The lowest BCUT2D eigenvalue weighted by Crippen LogP contribution is -2.40. The van der Waals surface area contributed by atoms with Crippen LogP contribution in [0.2, 0.25) is 0 Å². The third-order valence-corrected chi connectivity index (χ3v) is 7.93. The molecule has 0 atom stereocenters. The first-order chi connectivity index (χ1) is 16.8. The molecule has 1 fully saturated rings. The number of rotatable bonds is 7. The predicted molar refractivity (Wildman–Crippen MR) is 131 cm³/mol. The van der Waals surface area contributed by atoms with E-state index in [4.69, 9.17) is 9.47 Å². The molecule has 0 unspecified atom stereocenters. The molecule has 0 aromatic heterocycles. The Morgan fingerprint density at radius 1 is 0.886 bits per heavy atom. The maximum atomic E-state index is 13.1. The number of hydrogen-bond acceptors (Lipinski definition) is 6. The van der Waals surface area contributed by atoms with Gasteiger partial charge in [-0.15, -0.1) is 0 Å². The van der Waals surface area contributed by atoms with Gasteiger partial charge >= 0.3 is 5.97 Å². The molecule has 7 nitrogen and oxygen atoms in total. The summed E-state index contributed by atoms with van der Waals surface area (Å²) < 4.78 is 37.9. The predicted octanol–water partition coefficient (Wildman–Crippen LogP) is 3.91. The van der Waals surface area contributed by atoms with Crippen LogP contribution in [0, 0.1) is 13.8 Å². The third kappa shape index (κ3) is 5.51. The molecule has 4 rings (SSSR count). The lowest BCUT2D eigenvalue weighted by Gasteiger charge is -2.26. The van der Waals surface area contributed by atoms with Gasteiger partial charge in [-0.3, -0.25) is 4.79 Å². The number of sulfonamides is 1. The van der Waals surface area contributed by atoms with E-state index in [9.17, 15) is 18.0 Å². The highest BCUT2D eigenvalue weighted by Crippen LogP contribution is 2.21. The van der Waals surface area contributed by atoms with Crippen LogP contribution in [0.3, 0.4) is 0 Å². The Balaban J connectivity index is 1.50. The number of nitrogens with zero attached hydrogens (tertiary/aromatic N) is 1. The number of ketones is 1. The number of carbonyl (C=O) groups is 2. The van der Waals surface area contributed by atoms with Crippen LogP contribution in [0.5, 0.6) is 0 Å². The van der Waals surface area contributed by atoms with Gasteiger partial charge in [0.1, 0.15) is 6.61 Å². The van der Waals surface area contributed by atoms with Crippen LogP contribution in [0.4, 0.5) is 0 Å². The minimum Gasteiger partial charge on any atom is -0.457 e. The lowest BCUT2D eigenvalue weighted by molar-refractivity contribution is 0.0470. The van der Waals surface area contributed by atoms with Gasteiger partial charge in [0.25, 0.3) is 0 Å². The Bertz CT molecular complexity index is 1360. The molecular weight excluding hydrogens is 466 g/mol. The van der Waals surface area contributed by atoms with Gasteiger partial charge in [-0.1, -0.05) is 42.5 Å². The molecule has 0 aliphatic carbocycles. The van der Waals surface area contributed by atoms with Gasteiger partial charge < -0.3 is 9.47 Å². The molecule has 1 saturated heterocycles. The monoisotopic (exact) mass is 493 g/mol. The molecule has 0 amide bonds. The number of esters is 1. The third-order valence-electron chi connectivity index (χ3n) is 6.04. The molecule has 0 saturated carbocycles. The second-order valence-electron chi connectivity index (χ2n) is 8.41. The van der Waals surface area contributed by atoms with E-state index in [0.717, 1.165) is 11.1 Å². The fourth-order valence-electron chi connectivity index (χ4n) is 3.86. The highest BCUT2D eigenvalue weighted by Gasteiger charge is 2.26. The molecular formula is C27H27NO6S. The number of ether oxygens (including phenoxy) is 2. The van der Waals surface area contributed by atoms with E-state index < -0.39 is 16.0 Å². The summed E-state index contributed by atoms with van der Waals surface area (Å²) >= 11 is 0. The molecule has 0 bridgehead atoms. The Kier molecular flexibility index (Phi) is 7.45. The molecule has 0 spiro atoms. The average molecular weight is 494 g/mol. The quantitative estimate of drug-likeness (QED) is 0.366. The van der Waals surface area contributed by atoms with Gasteiger partial charge in [-0.25, -0.2) is 13.2 Å². The van der Waals surface area contributed by atoms with Crippen LogP contribution in [-0.4, -0.2) is 50.8 Å². The van der Waals surface area contributed by atoms with E-state index in [1.54, 1.807) is 48.5 Å². The van der Waals surface area contributed by atoms with Crippen molar-refractivity contribution in [1.29, 1.82) is 0 Å². The fraction of sp³-hybridized carbons (Fsp3) is 0.259. The normalized spacial score (nSPS) is 14.5. The first-order valence-electron chi connectivity index (χ1n) is 11.3. The molecule has 35 heavy (non-hydrogen) atoms. The van der Waals surface area contributed by atoms with Crippen LogP contribution in [0.25, 0.3) is 0 Å². The van der Waals surface area contributed by atoms with Crippen molar-refractivity contribution in [3.05, 3.63) is 100 Å². The first kappa shape index (κ1) is 24.8. The Labute approximate surface area is 205 Å². The Hall–Kier alpha value is -3.33. The van der Waals surface area contributed by atoms with Crippen molar-refractivity contribution in [2.24, 2.45) is 0 Å². The van der Waals surface area contributed by atoms with Crippen LogP contribution in [-0.2, 0) is 26.1 Å². The molecule has 3 aromatic rings. The van der Waals surface area contributed by atoms with Gasteiger partial charge in [0.2, 0.25) is 10.0 Å². The Morgan fingerprint density at radius 2 is 1.60 bits per heavy atom. The lowest BCUT2D eigenvalue weighted by atomic mass is 9.96. The van der Waals surface area contributed by atoms with Crippen LogP contribution < -0.4 is 0 Å². The van der Waals surface area contributed by atoms with E-state index in [2.05, 4.69) is 0 Å². The molecule has 3 aromatic carbocycles.